The van der Waals surface area contributed by atoms with Gasteiger partial charge in [-0.2, -0.15) is 0 Å². The molecule has 2 rings (SSSR count). The van der Waals surface area contributed by atoms with E-state index < -0.39 is 0 Å². The van der Waals surface area contributed by atoms with Gasteiger partial charge in [0.1, 0.15) is 11.4 Å². The van der Waals surface area contributed by atoms with Crippen molar-refractivity contribution in [2.24, 2.45) is 4.99 Å². The Bertz CT molecular complexity index is 699. The van der Waals surface area contributed by atoms with Crippen LogP contribution in [0.4, 0.5) is 0 Å². The summed E-state index contributed by atoms with van der Waals surface area (Å²) < 4.78 is 6.05. The molecule has 0 aliphatic heterocycles. The fourth-order valence-electron chi connectivity index (χ4n) is 2.44. The van der Waals surface area contributed by atoms with Gasteiger partial charge in [-0.1, -0.05) is 24.3 Å². The summed E-state index contributed by atoms with van der Waals surface area (Å²) in [6.45, 7) is 10.4. The van der Waals surface area contributed by atoms with E-state index in [9.17, 15) is 0 Å². The molecule has 1 aromatic heterocycles. The summed E-state index contributed by atoms with van der Waals surface area (Å²) in [5, 5.41) is 6.67. The summed E-state index contributed by atoms with van der Waals surface area (Å²) >= 11 is 0. The van der Waals surface area contributed by atoms with Gasteiger partial charge in [0.15, 0.2) is 5.96 Å². The van der Waals surface area contributed by atoms with Gasteiger partial charge in [0.05, 0.1) is 6.54 Å². The van der Waals surface area contributed by atoms with Crippen LogP contribution in [0.1, 0.15) is 38.8 Å². The largest absolute Gasteiger partial charge is 0.488 e. The Morgan fingerprint density at radius 1 is 1.11 bits per heavy atom. The van der Waals surface area contributed by atoms with E-state index in [1.807, 2.05) is 30.5 Å². The molecule has 6 heteroatoms. The van der Waals surface area contributed by atoms with Crippen LogP contribution < -0.4 is 15.4 Å². The number of ether oxygens (including phenoxy) is 1. The molecule has 1 aromatic carbocycles. The third-order valence-electron chi connectivity index (χ3n) is 3.57. The van der Waals surface area contributed by atoms with Crippen LogP contribution in [-0.4, -0.2) is 29.6 Å². The third-order valence-corrected chi connectivity index (χ3v) is 3.57. The average molecular weight is 482 g/mol. The number of hydrogen-bond acceptors (Lipinski definition) is 3. The Morgan fingerprint density at radius 3 is 2.56 bits per heavy atom. The van der Waals surface area contributed by atoms with E-state index in [0.717, 1.165) is 36.8 Å². The van der Waals surface area contributed by atoms with Crippen LogP contribution in [0.2, 0.25) is 0 Å². The number of para-hydroxylation sites is 1. The summed E-state index contributed by atoms with van der Waals surface area (Å²) in [4.78, 5) is 8.85. The van der Waals surface area contributed by atoms with Gasteiger partial charge < -0.3 is 15.4 Å². The van der Waals surface area contributed by atoms with E-state index in [-0.39, 0.29) is 29.6 Å². The van der Waals surface area contributed by atoms with Gasteiger partial charge in [-0.05, 0) is 51.8 Å². The van der Waals surface area contributed by atoms with Crippen LogP contribution in [0, 0.1) is 0 Å². The second-order valence-electron chi connectivity index (χ2n) is 7.06. The minimum absolute atomic E-state index is 0. The molecule has 0 unspecified atom stereocenters. The average Bonchev–Trinajstić information content (AvgIpc) is 2.60. The molecular weight excluding hydrogens is 451 g/mol. The summed E-state index contributed by atoms with van der Waals surface area (Å²) in [5.41, 5.74) is 2.05. The first kappa shape index (κ1) is 23.2. The van der Waals surface area contributed by atoms with E-state index in [0.29, 0.717) is 6.54 Å². The Kier molecular flexibility index (Phi) is 10.1. The van der Waals surface area contributed by atoms with E-state index >= 15 is 0 Å². The quantitative estimate of drug-likeness (QED) is 0.353. The van der Waals surface area contributed by atoms with Gasteiger partial charge in [0.2, 0.25) is 0 Å². The minimum atomic E-state index is -0.230. The Balaban J connectivity index is 0.00000364. The van der Waals surface area contributed by atoms with Crippen molar-refractivity contribution in [3.63, 3.8) is 0 Å². The van der Waals surface area contributed by atoms with Gasteiger partial charge in [-0.25, -0.2) is 4.99 Å². The zero-order valence-corrected chi connectivity index (χ0v) is 19.0. The molecule has 0 saturated heterocycles. The second-order valence-corrected chi connectivity index (χ2v) is 7.06. The first-order valence-corrected chi connectivity index (χ1v) is 9.16. The molecule has 0 amide bonds. The molecule has 0 spiro atoms. The van der Waals surface area contributed by atoms with Crippen LogP contribution >= 0.6 is 24.0 Å². The molecule has 148 valence electrons. The van der Waals surface area contributed by atoms with Crippen LogP contribution in [0.3, 0.4) is 0 Å². The monoisotopic (exact) mass is 482 g/mol. The number of guanidine groups is 1. The minimum Gasteiger partial charge on any atom is -0.488 e. The Hall–Kier alpha value is -1.83. The SMILES string of the molecule is CCNC(=NCc1ccccc1OC(C)(C)C)NCCc1cccnc1.I. The summed E-state index contributed by atoms with van der Waals surface area (Å²) in [5.74, 6) is 1.69. The van der Waals surface area contributed by atoms with Crippen LogP contribution in [0.5, 0.6) is 5.75 Å². The highest BCUT2D eigenvalue weighted by molar-refractivity contribution is 14.0. The molecule has 0 saturated carbocycles. The first-order chi connectivity index (χ1) is 12.5. The number of aliphatic imine (C=N–C) groups is 1. The second kappa shape index (κ2) is 11.8. The number of pyridine rings is 1. The van der Waals surface area contributed by atoms with Crippen molar-refractivity contribution in [2.75, 3.05) is 13.1 Å². The molecule has 0 aliphatic rings. The maximum Gasteiger partial charge on any atom is 0.191 e. The fraction of sp³-hybridized carbons (Fsp3) is 0.429. The third kappa shape index (κ3) is 9.08. The van der Waals surface area contributed by atoms with E-state index in [1.165, 1.54) is 5.56 Å². The Labute approximate surface area is 180 Å². The van der Waals surface area contributed by atoms with Gasteiger partial charge in [-0.15, -0.1) is 24.0 Å². The lowest BCUT2D eigenvalue weighted by Gasteiger charge is -2.23. The number of halogens is 1. The van der Waals surface area contributed by atoms with Crippen molar-refractivity contribution in [1.29, 1.82) is 0 Å². The molecule has 0 aliphatic carbocycles. The number of nitrogens with one attached hydrogen (secondary N) is 2. The van der Waals surface area contributed by atoms with Crippen LogP contribution in [-0.2, 0) is 13.0 Å². The van der Waals surface area contributed by atoms with Crippen molar-refractivity contribution in [1.82, 2.24) is 15.6 Å². The lowest BCUT2D eigenvalue weighted by molar-refractivity contribution is 0.129. The van der Waals surface area contributed by atoms with Crippen LogP contribution in [0.15, 0.2) is 53.8 Å². The molecule has 0 fully saturated rings. The zero-order valence-electron chi connectivity index (χ0n) is 16.7. The van der Waals surface area contributed by atoms with Crippen molar-refractivity contribution >= 4 is 29.9 Å². The normalized spacial score (nSPS) is 11.5. The highest BCUT2D eigenvalue weighted by Gasteiger charge is 2.14. The van der Waals surface area contributed by atoms with E-state index in [1.54, 1.807) is 6.20 Å². The van der Waals surface area contributed by atoms with Crippen molar-refractivity contribution in [3.8, 4) is 5.75 Å². The van der Waals surface area contributed by atoms with E-state index in [4.69, 9.17) is 9.73 Å². The van der Waals surface area contributed by atoms with Crippen molar-refractivity contribution < 1.29 is 4.74 Å². The van der Waals surface area contributed by atoms with Gasteiger partial charge in [0, 0.05) is 31.0 Å². The smallest absolute Gasteiger partial charge is 0.191 e. The molecule has 27 heavy (non-hydrogen) atoms. The molecular formula is C21H31IN4O. The number of benzene rings is 1. The molecule has 2 N–H and O–H groups in total. The topological polar surface area (TPSA) is 58.5 Å². The molecule has 5 nitrogen and oxygen atoms in total. The molecule has 1 heterocycles. The van der Waals surface area contributed by atoms with Gasteiger partial charge in [-0.3, -0.25) is 4.98 Å². The maximum atomic E-state index is 6.05. The highest BCUT2D eigenvalue weighted by atomic mass is 127. The van der Waals surface area contributed by atoms with Crippen molar-refractivity contribution in [2.45, 2.75) is 46.3 Å². The lowest BCUT2D eigenvalue weighted by atomic mass is 10.1. The predicted octanol–water partition coefficient (Wildman–Crippen LogP) is 4.17. The van der Waals surface area contributed by atoms with E-state index in [2.05, 4.69) is 55.4 Å². The van der Waals surface area contributed by atoms with Gasteiger partial charge in [0.25, 0.3) is 0 Å². The van der Waals surface area contributed by atoms with Crippen LogP contribution in [0.25, 0.3) is 0 Å². The highest BCUT2D eigenvalue weighted by Crippen LogP contribution is 2.23. The fourth-order valence-corrected chi connectivity index (χ4v) is 2.44. The zero-order chi connectivity index (χ0) is 18.8. The molecule has 0 bridgehead atoms. The number of hydrogen-bond donors (Lipinski definition) is 2. The summed E-state index contributed by atoms with van der Waals surface area (Å²) in [6, 6.07) is 12.1. The Morgan fingerprint density at radius 2 is 1.89 bits per heavy atom. The number of nitrogens with zero attached hydrogens (tertiary/aromatic N) is 2. The number of rotatable bonds is 7. The predicted molar refractivity (Wildman–Crippen MR) is 123 cm³/mol. The molecule has 0 radical (unpaired) electrons. The number of aromatic nitrogens is 1. The lowest BCUT2D eigenvalue weighted by Crippen LogP contribution is -2.38. The maximum absolute atomic E-state index is 6.05. The standard InChI is InChI=1S/C21H30N4O.HI/c1-5-23-20(24-14-12-17-9-8-13-22-15-17)25-16-18-10-6-7-11-19(18)26-21(2,3)4;/h6-11,13,15H,5,12,14,16H2,1-4H3,(H2,23,24,25);1H. The molecule has 0 atom stereocenters. The summed E-state index contributed by atoms with van der Waals surface area (Å²) in [7, 11) is 0. The summed E-state index contributed by atoms with van der Waals surface area (Å²) in [6.07, 6.45) is 4.59. The first-order valence-electron chi connectivity index (χ1n) is 9.16. The molecule has 2 aromatic rings. The van der Waals surface area contributed by atoms with Crippen molar-refractivity contribution in [3.05, 3.63) is 59.9 Å². The van der Waals surface area contributed by atoms with Gasteiger partial charge >= 0.3 is 0 Å².